The molecule has 5 N–H and O–H groups in total. The van der Waals surface area contributed by atoms with E-state index in [0.717, 1.165) is 12.0 Å². The standard InChI is InChI=1S/C9H17N5O/c1-3-7(4-15)13-8-6(2)9(14-10)12-5-11-8/h5,7,15H,3-4,10H2,1-2H3,(H2,11,12,13,14). The normalized spacial score (nSPS) is 12.3. The lowest BCUT2D eigenvalue weighted by Gasteiger charge is -2.17. The molecule has 1 atom stereocenters. The molecule has 0 amide bonds. The van der Waals surface area contributed by atoms with Crippen LogP contribution in [0.4, 0.5) is 11.6 Å². The van der Waals surface area contributed by atoms with Gasteiger partial charge in [-0.25, -0.2) is 15.8 Å². The van der Waals surface area contributed by atoms with Crippen molar-refractivity contribution in [2.75, 3.05) is 17.3 Å². The number of nitrogens with two attached hydrogens (primary N) is 1. The van der Waals surface area contributed by atoms with Crippen LogP contribution in [-0.4, -0.2) is 27.7 Å². The zero-order valence-corrected chi connectivity index (χ0v) is 8.99. The smallest absolute Gasteiger partial charge is 0.148 e. The first-order valence-electron chi connectivity index (χ1n) is 4.88. The van der Waals surface area contributed by atoms with Gasteiger partial charge in [-0.1, -0.05) is 6.92 Å². The summed E-state index contributed by atoms with van der Waals surface area (Å²) in [6.45, 7) is 3.93. The predicted molar refractivity (Wildman–Crippen MR) is 59.4 cm³/mol. The van der Waals surface area contributed by atoms with E-state index in [1.165, 1.54) is 6.33 Å². The van der Waals surface area contributed by atoms with Crippen LogP contribution < -0.4 is 16.6 Å². The molecule has 6 heteroatoms. The fourth-order valence-corrected chi connectivity index (χ4v) is 1.21. The fourth-order valence-electron chi connectivity index (χ4n) is 1.21. The minimum absolute atomic E-state index is 0.00391. The quantitative estimate of drug-likeness (QED) is 0.412. The van der Waals surface area contributed by atoms with Crippen molar-refractivity contribution in [3.05, 3.63) is 11.9 Å². The maximum Gasteiger partial charge on any atom is 0.148 e. The Morgan fingerprint density at radius 3 is 2.67 bits per heavy atom. The number of aliphatic hydroxyl groups is 1. The molecule has 1 rings (SSSR count). The van der Waals surface area contributed by atoms with Crippen LogP contribution in [0.15, 0.2) is 6.33 Å². The van der Waals surface area contributed by atoms with E-state index in [9.17, 15) is 0 Å². The molecule has 0 aromatic carbocycles. The van der Waals surface area contributed by atoms with Crippen molar-refractivity contribution in [3.63, 3.8) is 0 Å². The van der Waals surface area contributed by atoms with Gasteiger partial charge in [-0.3, -0.25) is 0 Å². The highest BCUT2D eigenvalue weighted by atomic mass is 16.3. The van der Waals surface area contributed by atoms with E-state index in [-0.39, 0.29) is 12.6 Å². The number of nitrogens with one attached hydrogen (secondary N) is 2. The first-order valence-corrected chi connectivity index (χ1v) is 4.88. The fraction of sp³-hybridized carbons (Fsp3) is 0.556. The van der Waals surface area contributed by atoms with Crippen LogP contribution in [0, 0.1) is 6.92 Å². The van der Waals surface area contributed by atoms with Gasteiger partial charge in [0.05, 0.1) is 12.6 Å². The van der Waals surface area contributed by atoms with E-state index >= 15 is 0 Å². The molecule has 0 saturated heterocycles. The lowest BCUT2D eigenvalue weighted by molar-refractivity contribution is 0.271. The Morgan fingerprint density at radius 2 is 2.13 bits per heavy atom. The van der Waals surface area contributed by atoms with Crippen LogP contribution in [-0.2, 0) is 0 Å². The van der Waals surface area contributed by atoms with Gasteiger partial charge in [0.1, 0.15) is 18.0 Å². The number of hydrogen-bond acceptors (Lipinski definition) is 6. The first kappa shape index (κ1) is 11.7. The minimum Gasteiger partial charge on any atom is -0.394 e. The third-order valence-corrected chi connectivity index (χ3v) is 2.27. The van der Waals surface area contributed by atoms with Gasteiger partial charge in [0.25, 0.3) is 0 Å². The molecule has 1 heterocycles. The molecule has 0 fully saturated rings. The Kier molecular flexibility index (Phi) is 4.26. The summed E-state index contributed by atoms with van der Waals surface area (Å²) in [6, 6.07) is 0.00391. The summed E-state index contributed by atoms with van der Waals surface area (Å²) < 4.78 is 0. The molecular weight excluding hydrogens is 194 g/mol. The molecule has 0 saturated carbocycles. The van der Waals surface area contributed by atoms with E-state index in [1.807, 2.05) is 13.8 Å². The van der Waals surface area contributed by atoms with Crippen molar-refractivity contribution in [3.8, 4) is 0 Å². The topological polar surface area (TPSA) is 96.1 Å². The van der Waals surface area contributed by atoms with Crippen molar-refractivity contribution < 1.29 is 5.11 Å². The highest BCUT2D eigenvalue weighted by molar-refractivity contribution is 5.56. The Morgan fingerprint density at radius 1 is 1.47 bits per heavy atom. The molecular formula is C9H17N5O. The number of anilines is 2. The van der Waals surface area contributed by atoms with Gasteiger partial charge in [0.2, 0.25) is 0 Å². The van der Waals surface area contributed by atoms with Gasteiger partial charge in [-0.05, 0) is 13.3 Å². The number of hydrogen-bond donors (Lipinski definition) is 4. The average Bonchev–Trinajstić information content (AvgIpc) is 2.28. The Hall–Kier alpha value is -1.40. The van der Waals surface area contributed by atoms with Crippen molar-refractivity contribution in [1.82, 2.24) is 9.97 Å². The molecule has 0 spiro atoms. The number of aromatic nitrogens is 2. The average molecular weight is 211 g/mol. The number of nitrogens with zero attached hydrogens (tertiary/aromatic N) is 2. The summed E-state index contributed by atoms with van der Waals surface area (Å²) >= 11 is 0. The van der Waals surface area contributed by atoms with E-state index in [4.69, 9.17) is 10.9 Å². The van der Waals surface area contributed by atoms with Crippen LogP contribution in [0.5, 0.6) is 0 Å². The molecule has 0 bridgehead atoms. The second-order valence-electron chi connectivity index (χ2n) is 3.27. The maximum atomic E-state index is 9.06. The Balaban J connectivity index is 2.85. The number of hydrazine groups is 1. The van der Waals surface area contributed by atoms with E-state index in [2.05, 4.69) is 20.7 Å². The van der Waals surface area contributed by atoms with Crippen molar-refractivity contribution in [1.29, 1.82) is 0 Å². The predicted octanol–water partition coefficient (Wildman–Crippen LogP) is 0.253. The van der Waals surface area contributed by atoms with Crippen LogP contribution in [0.2, 0.25) is 0 Å². The van der Waals surface area contributed by atoms with Gasteiger partial charge in [0.15, 0.2) is 0 Å². The minimum atomic E-state index is 0.00391. The third kappa shape index (κ3) is 2.77. The summed E-state index contributed by atoms with van der Waals surface area (Å²) in [7, 11) is 0. The molecule has 0 aliphatic rings. The summed E-state index contributed by atoms with van der Waals surface area (Å²) in [5.41, 5.74) is 3.33. The molecule has 84 valence electrons. The SMILES string of the molecule is CCC(CO)Nc1ncnc(NN)c1C. The van der Waals surface area contributed by atoms with Crippen LogP contribution >= 0.6 is 0 Å². The van der Waals surface area contributed by atoms with Crippen LogP contribution in [0.3, 0.4) is 0 Å². The Bertz CT molecular complexity index is 313. The van der Waals surface area contributed by atoms with E-state index in [0.29, 0.717) is 11.6 Å². The van der Waals surface area contributed by atoms with E-state index in [1.54, 1.807) is 0 Å². The molecule has 15 heavy (non-hydrogen) atoms. The Labute approximate surface area is 88.9 Å². The monoisotopic (exact) mass is 211 g/mol. The first-order chi connectivity index (χ1) is 7.22. The molecule has 1 aromatic rings. The van der Waals surface area contributed by atoms with E-state index < -0.39 is 0 Å². The number of nitrogen functional groups attached to an aromatic ring is 1. The largest absolute Gasteiger partial charge is 0.394 e. The van der Waals surface area contributed by atoms with Crippen LogP contribution in [0.1, 0.15) is 18.9 Å². The zero-order valence-electron chi connectivity index (χ0n) is 8.99. The lowest BCUT2D eigenvalue weighted by Crippen LogP contribution is -2.24. The van der Waals surface area contributed by atoms with Gasteiger partial charge >= 0.3 is 0 Å². The van der Waals surface area contributed by atoms with Crippen molar-refractivity contribution in [2.45, 2.75) is 26.3 Å². The zero-order chi connectivity index (χ0) is 11.3. The molecule has 6 nitrogen and oxygen atoms in total. The second-order valence-corrected chi connectivity index (χ2v) is 3.27. The molecule has 0 aliphatic carbocycles. The summed E-state index contributed by atoms with van der Waals surface area (Å²) in [4.78, 5) is 8.06. The number of rotatable bonds is 5. The van der Waals surface area contributed by atoms with Crippen molar-refractivity contribution in [2.24, 2.45) is 5.84 Å². The second kappa shape index (κ2) is 5.47. The van der Waals surface area contributed by atoms with Gasteiger partial charge in [-0.2, -0.15) is 0 Å². The third-order valence-electron chi connectivity index (χ3n) is 2.27. The lowest BCUT2D eigenvalue weighted by atomic mass is 10.2. The summed E-state index contributed by atoms with van der Waals surface area (Å²) in [6.07, 6.45) is 2.25. The highest BCUT2D eigenvalue weighted by Crippen LogP contribution is 2.18. The molecule has 0 radical (unpaired) electrons. The number of aliphatic hydroxyl groups excluding tert-OH is 1. The van der Waals surface area contributed by atoms with Gasteiger partial charge in [-0.15, -0.1) is 0 Å². The molecule has 1 aromatic heterocycles. The van der Waals surface area contributed by atoms with Gasteiger partial charge in [0, 0.05) is 5.56 Å². The molecule has 0 aliphatic heterocycles. The molecule has 1 unspecified atom stereocenters. The summed E-state index contributed by atoms with van der Waals surface area (Å²) in [5.74, 6) is 6.57. The highest BCUT2D eigenvalue weighted by Gasteiger charge is 2.09. The summed E-state index contributed by atoms with van der Waals surface area (Å²) in [5, 5.41) is 12.2. The van der Waals surface area contributed by atoms with Crippen LogP contribution in [0.25, 0.3) is 0 Å². The van der Waals surface area contributed by atoms with Crippen molar-refractivity contribution >= 4 is 11.6 Å². The van der Waals surface area contributed by atoms with Gasteiger partial charge < -0.3 is 15.8 Å². The maximum absolute atomic E-state index is 9.06.